The predicted octanol–water partition coefficient (Wildman–Crippen LogP) is 12.9. The van der Waals surface area contributed by atoms with Crippen LogP contribution >= 0.6 is 0 Å². The fraction of sp³-hybridized carbons (Fsp3) is 0.947. The van der Waals surface area contributed by atoms with E-state index < -0.39 is 12.1 Å². The van der Waals surface area contributed by atoms with Gasteiger partial charge in [0, 0.05) is 6.42 Å². The second kappa shape index (κ2) is 34.4. The van der Waals surface area contributed by atoms with Gasteiger partial charge in [-0.2, -0.15) is 0 Å². The Morgan fingerprint density at radius 1 is 0.429 bits per heavy atom. The van der Waals surface area contributed by atoms with Crippen molar-refractivity contribution >= 4 is 11.9 Å². The van der Waals surface area contributed by atoms with Crippen LogP contribution in [0.1, 0.15) is 226 Å². The van der Waals surface area contributed by atoms with Crippen LogP contribution in [0.25, 0.3) is 0 Å². The van der Waals surface area contributed by atoms with Crippen LogP contribution in [0.4, 0.5) is 0 Å². The molecule has 0 aromatic heterocycles. The van der Waals surface area contributed by atoms with Crippen molar-refractivity contribution in [2.24, 2.45) is 0 Å². The van der Waals surface area contributed by atoms with E-state index in [1.54, 1.807) is 0 Å². The van der Waals surface area contributed by atoms with Crippen LogP contribution in [0, 0.1) is 0 Å². The molecule has 0 radical (unpaired) electrons. The Balaban J connectivity index is 3.50. The molecule has 4 nitrogen and oxygen atoms in total. The van der Waals surface area contributed by atoms with Gasteiger partial charge < -0.3 is 9.84 Å². The fourth-order valence-electron chi connectivity index (χ4n) is 5.97. The number of carboxylic acids is 1. The van der Waals surface area contributed by atoms with E-state index in [4.69, 9.17) is 4.74 Å². The Morgan fingerprint density at radius 2 is 0.690 bits per heavy atom. The zero-order valence-electron chi connectivity index (χ0n) is 28.6. The number of esters is 1. The maximum Gasteiger partial charge on any atom is 0.345 e. The Kier molecular flexibility index (Phi) is 33.6. The molecule has 0 heterocycles. The standard InChI is InChI=1S/C38H74O4/c1-3-5-7-9-11-13-15-17-19-20-21-23-25-27-29-31-33-35-37(39)42-36(38(40)41)34-32-30-28-26-24-22-18-16-14-12-10-8-6-4-2/h36H,3-35H2,1-2H3,(H,40,41). The number of hydrogen-bond donors (Lipinski definition) is 1. The zero-order chi connectivity index (χ0) is 30.8. The minimum atomic E-state index is -1.000. The molecule has 42 heavy (non-hydrogen) atoms. The van der Waals surface area contributed by atoms with E-state index in [1.165, 1.54) is 161 Å². The summed E-state index contributed by atoms with van der Waals surface area (Å²) < 4.78 is 5.32. The highest BCUT2D eigenvalue weighted by atomic mass is 16.6. The number of carbonyl (C=O) groups excluding carboxylic acids is 1. The first kappa shape index (κ1) is 40.9. The maximum atomic E-state index is 12.2. The van der Waals surface area contributed by atoms with Crippen molar-refractivity contribution < 1.29 is 19.4 Å². The summed E-state index contributed by atoms with van der Waals surface area (Å²) in [7, 11) is 0. The summed E-state index contributed by atoms with van der Waals surface area (Å²) in [6.45, 7) is 4.54. The summed E-state index contributed by atoms with van der Waals surface area (Å²) in [6.07, 6.45) is 39.9. The molecule has 4 heteroatoms. The second-order valence-electron chi connectivity index (χ2n) is 13.1. The van der Waals surface area contributed by atoms with Gasteiger partial charge in [0.2, 0.25) is 0 Å². The minimum Gasteiger partial charge on any atom is -0.479 e. The molecule has 0 aromatic carbocycles. The quantitative estimate of drug-likeness (QED) is 0.0585. The topological polar surface area (TPSA) is 63.6 Å². The molecular weight excluding hydrogens is 520 g/mol. The van der Waals surface area contributed by atoms with E-state index in [0.717, 1.165) is 38.5 Å². The van der Waals surface area contributed by atoms with Crippen molar-refractivity contribution in [2.45, 2.75) is 232 Å². The molecule has 0 fully saturated rings. The molecule has 0 amide bonds. The van der Waals surface area contributed by atoms with E-state index in [0.29, 0.717) is 12.8 Å². The number of carbonyl (C=O) groups is 2. The number of ether oxygens (including phenoxy) is 1. The molecule has 0 saturated heterocycles. The molecule has 0 spiro atoms. The molecule has 1 unspecified atom stereocenters. The molecular formula is C38H74O4. The first-order chi connectivity index (χ1) is 20.6. The average Bonchev–Trinajstić information content (AvgIpc) is 2.98. The first-order valence-corrected chi connectivity index (χ1v) is 19.0. The van der Waals surface area contributed by atoms with Gasteiger partial charge in [-0.05, 0) is 19.3 Å². The molecule has 0 aromatic rings. The van der Waals surface area contributed by atoms with Gasteiger partial charge in [-0.1, -0.05) is 200 Å². The van der Waals surface area contributed by atoms with Crippen LogP contribution in [0.3, 0.4) is 0 Å². The lowest BCUT2D eigenvalue weighted by Gasteiger charge is -2.13. The molecule has 0 aliphatic rings. The van der Waals surface area contributed by atoms with E-state index in [9.17, 15) is 14.7 Å². The van der Waals surface area contributed by atoms with Crippen LogP contribution in [0.15, 0.2) is 0 Å². The number of unbranched alkanes of at least 4 members (excludes halogenated alkanes) is 29. The van der Waals surface area contributed by atoms with Crippen molar-refractivity contribution in [3.8, 4) is 0 Å². The molecule has 0 saturated carbocycles. The lowest BCUT2D eigenvalue weighted by atomic mass is 10.0. The lowest BCUT2D eigenvalue weighted by molar-refractivity contribution is -0.164. The summed E-state index contributed by atoms with van der Waals surface area (Å²) in [6, 6.07) is 0. The van der Waals surface area contributed by atoms with E-state index in [-0.39, 0.29) is 5.97 Å². The van der Waals surface area contributed by atoms with E-state index >= 15 is 0 Å². The van der Waals surface area contributed by atoms with Crippen molar-refractivity contribution in [2.75, 3.05) is 0 Å². The summed E-state index contributed by atoms with van der Waals surface area (Å²) in [4.78, 5) is 23.7. The molecule has 1 atom stereocenters. The third kappa shape index (κ3) is 31.9. The molecule has 1 N–H and O–H groups in total. The van der Waals surface area contributed by atoms with Gasteiger partial charge in [-0.15, -0.1) is 0 Å². The van der Waals surface area contributed by atoms with Crippen LogP contribution in [-0.2, 0) is 14.3 Å². The number of rotatable bonds is 35. The predicted molar refractivity (Wildman–Crippen MR) is 181 cm³/mol. The first-order valence-electron chi connectivity index (χ1n) is 19.0. The molecule has 0 aliphatic heterocycles. The van der Waals surface area contributed by atoms with Crippen LogP contribution in [0.2, 0.25) is 0 Å². The van der Waals surface area contributed by atoms with Gasteiger partial charge in [0.05, 0.1) is 0 Å². The molecule has 0 rings (SSSR count). The zero-order valence-corrected chi connectivity index (χ0v) is 28.6. The van der Waals surface area contributed by atoms with E-state index in [2.05, 4.69) is 13.8 Å². The second-order valence-corrected chi connectivity index (χ2v) is 13.1. The Morgan fingerprint density at radius 3 is 0.976 bits per heavy atom. The highest BCUT2D eigenvalue weighted by Gasteiger charge is 2.21. The van der Waals surface area contributed by atoms with Crippen LogP contribution in [-0.4, -0.2) is 23.1 Å². The van der Waals surface area contributed by atoms with Gasteiger partial charge >= 0.3 is 11.9 Å². The number of hydrogen-bond acceptors (Lipinski definition) is 3. The molecule has 0 aliphatic carbocycles. The van der Waals surface area contributed by atoms with Crippen molar-refractivity contribution in [3.63, 3.8) is 0 Å². The highest BCUT2D eigenvalue weighted by Crippen LogP contribution is 2.17. The third-order valence-corrected chi connectivity index (χ3v) is 8.85. The lowest BCUT2D eigenvalue weighted by Crippen LogP contribution is -2.27. The maximum absolute atomic E-state index is 12.2. The van der Waals surface area contributed by atoms with Crippen LogP contribution in [0.5, 0.6) is 0 Å². The largest absolute Gasteiger partial charge is 0.479 e. The monoisotopic (exact) mass is 595 g/mol. The normalized spacial score (nSPS) is 12.0. The van der Waals surface area contributed by atoms with Crippen molar-refractivity contribution in [1.82, 2.24) is 0 Å². The number of carboxylic acid groups (broad SMARTS) is 1. The molecule has 250 valence electrons. The Bertz CT molecular complexity index is 561. The summed E-state index contributed by atoms with van der Waals surface area (Å²) in [5.41, 5.74) is 0. The Labute approximate surface area is 262 Å². The van der Waals surface area contributed by atoms with E-state index in [1.807, 2.05) is 0 Å². The van der Waals surface area contributed by atoms with Gasteiger partial charge in [-0.3, -0.25) is 4.79 Å². The molecule has 0 bridgehead atoms. The van der Waals surface area contributed by atoms with Crippen molar-refractivity contribution in [1.29, 1.82) is 0 Å². The average molecular weight is 595 g/mol. The smallest absolute Gasteiger partial charge is 0.345 e. The van der Waals surface area contributed by atoms with Gasteiger partial charge in [0.25, 0.3) is 0 Å². The fourth-order valence-corrected chi connectivity index (χ4v) is 5.97. The summed E-state index contributed by atoms with van der Waals surface area (Å²) in [5, 5.41) is 9.47. The summed E-state index contributed by atoms with van der Waals surface area (Å²) >= 11 is 0. The van der Waals surface area contributed by atoms with Crippen molar-refractivity contribution in [3.05, 3.63) is 0 Å². The van der Waals surface area contributed by atoms with Gasteiger partial charge in [0.1, 0.15) is 0 Å². The van der Waals surface area contributed by atoms with Gasteiger partial charge in [0.15, 0.2) is 6.10 Å². The summed E-state index contributed by atoms with van der Waals surface area (Å²) in [5.74, 6) is -1.34. The highest BCUT2D eigenvalue weighted by molar-refractivity contribution is 5.77. The van der Waals surface area contributed by atoms with Gasteiger partial charge in [-0.25, -0.2) is 4.79 Å². The SMILES string of the molecule is CCCCCCCCCCCCCCCCCCCC(=O)OC(CCCCCCCCCCCCCCCC)C(=O)O. The Hall–Kier alpha value is -1.06. The number of aliphatic carboxylic acids is 1. The third-order valence-electron chi connectivity index (χ3n) is 8.85. The van der Waals surface area contributed by atoms with Crippen LogP contribution < -0.4 is 0 Å². The minimum absolute atomic E-state index is 0.339.